The summed E-state index contributed by atoms with van der Waals surface area (Å²) < 4.78 is 18.4. The number of pyridine rings is 1. The van der Waals surface area contributed by atoms with E-state index in [9.17, 15) is 9.18 Å². The highest BCUT2D eigenvalue weighted by atomic mass is 35.5. The first kappa shape index (κ1) is 23.1. The molecule has 2 N–H and O–H groups in total. The normalized spacial score (nSPS) is 9.52. The van der Waals surface area contributed by atoms with Crippen LogP contribution in [0.25, 0.3) is 0 Å². The highest BCUT2D eigenvalue weighted by Gasteiger charge is 2.04. The van der Waals surface area contributed by atoms with Crippen LogP contribution in [0.5, 0.6) is 11.6 Å². The van der Waals surface area contributed by atoms with Crippen LogP contribution in [-0.4, -0.2) is 24.5 Å². The summed E-state index contributed by atoms with van der Waals surface area (Å²) in [6, 6.07) is 9.28. The van der Waals surface area contributed by atoms with Crippen LogP contribution in [0, 0.1) is 5.82 Å². The summed E-state index contributed by atoms with van der Waals surface area (Å²) in [5.41, 5.74) is 0.888. The zero-order valence-corrected chi connectivity index (χ0v) is 15.5. The van der Waals surface area contributed by atoms with Gasteiger partial charge in [-0.05, 0) is 55.9 Å². The van der Waals surface area contributed by atoms with Crippen molar-refractivity contribution in [1.82, 2.24) is 15.6 Å². The zero-order chi connectivity index (χ0) is 16.5. The summed E-state index contributed by atoms with van der Waals surface area (Å²) in [5, 5.41) is 5.86. The molecule has 0 atom stereocenters. The third kappa shape index (κ3) is 8.67. The Morgan fingerprint density at radius 1 is 1.20 bits per heavy atom. The summed E-state index contributed by atoms with van der Waals surface area (Å²) >= 11 is 0. The maximum Gasteiger partial charge on any atom is 0.220 e. The van der Waals surface area contributed by atoms with Gasteiger partial charge in [0.15, 0.2) is 0 Å². The minimum Gasteiger partial charge on any atom is -0.439 e. The van der Waals surface area contributed by atoms with Gasteiger partial charge in [0.25, 0.3) is 0 Å². The van der Waals surface area contributed by atoms with E-state index in [1.165, 1.54) is 24.3 Å². The number of nitrogens with zero attached hydrogens (tertiary/aromatic N) is 1. The topological polar surface area (TPSA) is 63.2 Å². The van der Waals surface area contributed by atoms with Crippen molar-refractivity contribution in [3.05, 3.63) is 54.0 Å². The van der Waals surface area contributed by atoms with Crippen molar-refractivity contribution < 1.29 is 13.9 Å². The Balaban J connectivity index is 0.00000288. The number of ether oxygens (including phenoxy) is 1. The number of nitrogens with one attached hydrogen (secondary N) is 2. The van der Waals surface area contributed by atoms with E-state index in [-0.39, 0.29) is 36.5 Å². The molecule has 2 rings (SSSR count). The quantitative estimate of drug-likeness (QED) is 0.678. The molecule has 0 fully saturated rings. The molecule has 0 saturated heterocycles. The molecule has 0 spiro atoms. The minimum absolute atomic E-state index is 0. The number of rotatable bonds is 8. The fourth-order valence-corrected chi connectivity index (χ4v) is 1.95. The number of aromatic nitrogens is 1. The molecule has 0 aliphatic heterocycles. The highest BCUT2D eigenvalue weighted by Crippen LogP contribution is 2.20. The van der Waals surface area contributed by atoms with E-state index in [2.05, 4.69) is 15.6 Å². The van der Waals surface area contributed by atoms with Gasteiger partial charge in [-0.2, -0.15) is 0 Å². The SMILES string of the molecule is CNCCCC(=O)NCc1ccnc(Oc2ccc(F)cc2)c1.Cl.Cl. The van der Waals surface area contributed by atoms with Crippen molar-refractivity contribution in [2.24, 2.45) is 0 Å². The molecule has 2 aromatic rings. The van der Waals surface area contributed by atoms with E-state index in [1.54, 1.807) is 12.3 Å². The summed E-state index contributed by atoms with van der Waals surface area (Å²) in [7, 11) is 1.86. The van der Waals surface area contributed by atoms with Gasteiger partial charge in [-0.3, -0.25) is 4.79 Å². The number of carbonyl (C=O) groups excluding carboxylic acids is 1. The second-order valence-corrected chi connectivity index (χ2v) is 5.04. The standard InChI is InChI=1S/C17H20FN3O2.2ClH/c1-19-9-2-3-16(22)21-12-13-8-10-20-17(11-13)23-15-6-4-14(18)5-7-15;;/h4-8,10-11,19H,2-3,9,12H2,1H3,(H,21,22);2*1H. The molecule has 1 aromatic carbocycles. The van der Waals surface area contributed by atoms with Crippen LogP contribution in [0.15, 0.2) is 42.6 Å². The van der Waals surface area contributed by atoms with Crippen molar-refractivity contribution in [2.45, 2.75) is 19.4 Å². The Labute approximate surface area is 159 Å². The predicted molar refractivity (Wildman–Crippen MR) is 100 cm³/mol. The van der Waals surface area contributed by atoms with Crippen LogP contribution in [0.2, 0.25) is 0 Å². The minimum atomic E-state index is -0.319. The molecule has 25 heavy (non-hydrogen) atoms. The fourth-order valence-electron chi connectivity index (χ4n) is 1.95. The molecule has 8 heteroatoms. The monoisotopic (exact) mass is 389 g/mol. The first-order valence-corrected chi connectivity index (χ1v) is 7.47. The molecule has 1 aromatic heterocycles. The lowest BCUT2D eigenvalue weighted by Crippen LogP contribution is -2.23. The van der Waals surface area contributed by atoms with Gasteiger partial charge in [0.05, 0.1) is 0 Å². The molecule has 0 bridgehead atoms. The molecule has 5 nitrogen and oxygen atoms in total. The Morgan fingerprint density at radius 2 is 1.92 bits per heavy atom. The zero-order valence-electron chi connectivity index (χ0n) is 13.8. The highest BCUT2D eigenvalue weighted by molar-refractivity contribution is 5.85. The number of amides is 1. The summed E-state index contributed by atoms with van der Waals surface area (Å²) in [4.78, 5) is 15.8. The summed E-state index contributed by atoms with van der Waals surface area (Å²) in [6.07, 6.45) is 2.91. The van der Waals surface area contributed by atoms with Crippen molar-refractivity contribution in [3.63, 3.8) is 0 Å². The Bertz CT molecular complexity index is 642. The van der Waals surface area contributed by atoms with Gasteiger partial charge in [-0.1, -0.05) is 0 Å². The molecule has 138 valence electrons. The van der Waals surface area contributed by atoms with Crippen molar-refractivity contribution >= 4 is 30.7 Å². The van der Waals surface area contributed by atoms with Gasteiger partial charge in [0.1, 0.15) is 11.6 Å². The van der Waals surface area contributed by atoms with Gasteiger partial charge >= 0.3 is 0 Å². The third-order valence-corrected chi connectivity index (χ3v) is 3.16. The molecule has 1 amide bonds. The van der Waals surface area contributed by atoms with Crippen LogP contribution in [0.4, 0.5) is 4.39 Å². The van der Waals surface area contributed by atoms with Crippen molar-refractivity contribution in [2.75, 3.05) is 13.6 Å². The van der Waals surface area contributed by atoms with Gasteiger partial charge < -0.3 is 15.4 Å². The van der Waals surface area contributed by atoms with Gasteiger partial charge in [0.2, 0.25) is 11.8 Å². The molecule has 0 unspecified atom stereocenters. The number of hydrogen-bond donors (Lipinski definition) is 2. The van der Waals surface area contributed by atoms with E-state index >= 15 is 0 Å². The Kier molecular flexibility index (Phi) is 11.5. The summed E-state index contributed by atoms with van der Waals surface area (Å²) in [6.45, 7) is 1.24. The number of benzene rings is 1. The van der Waals surface area contributed by atoms with E-state index in [4.69, 9.17) is 4.74 Å². The Hall–Kier alpha value is -1.89. The largest absolute Gasteiger partial charge is 0.439 e. The first-order chi connectivity index (χ1) is 11.2. The molecule has 1 heterocycles. The Morgan fingerprint density at radius 3 is 2.60 bits per heavy atom. The van der Waals surface area contributed by atoms with Crippen LogP contribution in [0.1, 0.15) is 18.4 Å². The summed E-state index contributed by atoms with van der Waals surface area (Å²) in [5.74, 6) is 0.601. The van der Waals surface area contributed by atoms with Crippen LogP contribution in [-0.2, 0) is 11.3 Å². The molecule has 0 saturated carbocycles. The lowest BCUT2D eigenvalue weighted by Gasteiger charge is -2.08. The van der Waals surface area contributed by atoms with Crippen molar-refractivity contribution in [3.8, 4) is 11.6 Å². The number of halogens is 3. The maximum absolute atomic E-state index is 12.9. The molecular weight excluding hydrogens is 368 g/mol. The smallest absolute Gasteiger partial charge is 0.220 e. The van der Waals surface area contributed by atoms with E-state index in [1.807, 2.05) is 13.1 Å². The lowest BCUT2D eigenvalue weighted by molar-refractivity contribution is -0.121. The van der Waals surface area contributed by atoms with E-state index in [0.29, 0.717) is 24.6 Å². The van der Waals surface area contributed by atoms with E-state index < -0.39 is 0 Å². The molecule has 0 radical (unpaired) electrons. The number of carbonyl (C=O) groups is 1. The molecule has 0 aliphatic carbocycles. The average Bonchev–Trinajstić information content (AvgIpc) is 2.56. The van der Waals surface area contributed by atoms with Gasteiger partial charge in [-0.15, -0.1) is 24.8 Å². The maximum atomic E-state index is 12.9. The van der Waals surface area contributed by atoms with E-state index in [0.717, 1.165) is 18.5 Å². The molecular formula is C17H22Cl2FN3O2. The first-order valence-electron chi connectivity index (χ1n) is 7.47. The predicted octanol–water partition coefficient (Wildman–Crippen LogP) is 3.47. The van der Waals surface area contributed by atoms with Crippen molar-refractivity contribution in [1.29, 1.82) is 0 Å². The number of hydrogen-bond acceptors (Lipinski definition) is 4. The van der Waals surface area contributed by atoms with Crippen LogP contribution < -0.4 is 15.4 Å². The average molecular weight is 390 g/mol. The van der Waals surface area contributed by atoms with Crippen LogP contribution in [0.3, 0.4) is 0 Å². The second kappa shape index (κ2) is 12.5. The molecule has 0 aliphatic rings. The third-order valence-electron chi connectivity index (χ3n) is 3.16. The fraction of sp³-hybridized carbons (Fsp3) is 0.294. The second-order valence-electron chi connectivity index (χ2n) is 5.04. The van der Waals surface area contributed by atoms with Gasteiger partial charge in [0, 0.05) is 25.2 Å². The van der Waals surface area contributed by atoms with Crippen LogP contribution >= 0.6 is 24.8 Å². The lowest BCUT2D eigenvalue weighted by atomic mass is 10.2. The van der Waals surface area contributed by atoms with Gasteiger partial charge in [-0.25, -0.2) is 9.37 Å².